The summed E-state index contributed by atoms with van der Waals surface area (Å²) in [7, 11) is 0. The lowest BCUT2D eigenvalue weighted by Gasteiger charge is -2.09. The molecule has 6 heteroatoms. The number of alkyl halides is 3. The van der Waals surface area contributed by atoms with Gasteiger partial charge in [0.2, 0.25) is 5.24 Å². The first-order valence-electron chi connectivity index (χ1n) is 4.05. The third kappa shape index (κ3) is 3.34. The molecular weight excluding hydrogens is 248 g/mol. The van der Waals surface area contributed by atoms with Gasteiger partial charge in [-0.2, -0.15) is 13.2 Å². The van der Waals surface area contributed by atoms with Crippen molar-refractivity contribution in [3.05, 3.63) is 41.2 Å². The van der Waals surface area contributed by atoms with Crippen molar-refractivity contribution in [1.82, 2.24) is 0 Å². The maximum atomic E-state index is 12.7. The number of hydrogen-bond donors (Lipinski definition) is 0. The predicted molar refractivity (Wildman–Crippen MR) is 51.3 cm³/mol. The van der Waals surface area contributed by atoms with Crippen molar-refractivity contribution >= 4 is 22.9 Å². The number of halogens is 5. The lowest BCUT2D eigenvalue weighted by molar-refractivity contribution is -0.137. The Kier molecular flexibility index (Phi) is 3.70. The lowest BCUT2D eigenvalue weighted by Crippen LogP contribution is -2.07. The summed E-state index contributed by atoms with van der Waals surface area (Å²) in [6.45, 7) is 0. The van der Waals surface area contributed by atoms with Crippen LogP contribution in [0.15, 0.2) is 24.3 Å². The van der Waals surface area contributed by atoms with Gasteiger partial charge >= 0.3 is 6.18 Å². The van der Waals surface area contributed by atoms with E-state index in [1.807, 2.05) is 0 Å². The standard InChI is InChI=1S/C10H5ClF4O/c11-9(16)4-2-6-1-3-7(12)5-8(6)10(13,14)15/h1-5H. The van der Waals surface area contributed by atoms with Crippen molar-refractivity contribution < 1.29 is 22.4 Å². The average molecular weight is 253 g/mol. The zero-order chi connectivity index (χ0) is 12.3. The zero-order valence-electron chi connectivity index (χ0n) is 7.68. The molecule has 1 aromatic rings. The number of carbonyl (C=O) groups is 1. The first kappa shape index (κ1) is 12.7. The minimum Gasteiger partial charge on any atom is -0.276 e. The lowest BCUT2D eigenvalue weighted by atomic mass is 10.1. The van der Waals surface area contributed by atoms with Crippen LogP contribution in [0.25, 0.3) is 6.08 Å². The van der Waals surface area contributed by atoms with Crippen LogP contribution in [0.1, 0.15) is 11.1 Å². The highest BCUT2D eigenvalue weighted by Gasteiger charge is 2.33. The molecule has 0 radical (unpaired) electrons. The largest absolute Gasteiger partial charge is 0.417 e. The molecule has 1 rings (SSSR count). The van der Waals surface area contributed by atoms with Gasteiger partial charge in [-0.1, -0.05) is 6.07 Å². The van der Waals surface area contributed by atoms with Crippen molar-refractivity contribution in [2.45, 2.75) is 6.18 Å². The van der Waals surface area contributed by atoms with Crippen LogP contribution in [-0.2, 0) is 11.0 Å². The minimum atomic E-state index is -4.68. The molecule has 16 heavy (non-hydrogen) atoms. The highest BCUT2D eigenvalue weighted by Crippen LogP contribution is 2.33. The molecule has 0 saturated heterocycles. The van der Waals surface area contributed by atoms with Crippen LogP contribution < -0.4 is 0 Å². The maximum absolute atomic E-state index is 12.7. The molecule has 0 spiro atoms. The summed E-state index contributed by atoms with van der Waals surface area (Å²) in [5.41, 5.74) is -1.47. The number of hydrogen-bond acceptors (Lipinski definition) is 1. The SMILES string of the molecule is O=C(Cl)C=Cc1ccc(F)cc1C(F)(F)F. The van der Waals surface area contributed by atoms with Crippen LogP contribution in [0.4, 0.5) is 17.6 Å². The van der Waals surface area contributed by atoms with Crippen LogP contribution in [-0.4, -0.2) is 5.24 Å². The van der Waals surface area contributed by atoms with Gasteiger partial charge < -0.3 is 0 Å². The molecule has 0 unspecified atom stereocenters. The van der Waals surface area contributed by atoms with Gasteiger partial charge in [-0.15, -0.1) is 0 Å². The van der Waals surface area contributed by atoms with Gasteiger partial charge in [-0.3, -0.25) is 4.79 Å². The Hall–Kier alpha value is -1.36. The number of benzene rings is 1. The third-order valence-electron chi connectivity index (χ3n) is 1.71. The molecule has 0 fully saturated rings. The summed E-state index contributed by atoms with van der Waals surface area (Å²) >= 11 is 4.94. The molecule has 1 aromatic carbocycles. The van der Waals surface area contributed by atoms with E-state index in [2.05, 4.69) is 0 Å². The molecule has 0 N–H and O–H groups in total. The number of rotatable bonds is 2. The summed E-state index contributed by atoms with van der Waals surface area (Å²) < 4.78 is 50.0. The highest BCUT2D eigenvalue weighted by atomic mass is 35.5. The van der Waals surface area contributed by atoms with Crippen LogP contribution in [0, 0.1) is 5.82 Å². The van der Waals surface area contributed by atoms with Gasteiger partial charge in [-0.25, -0.2) is 4.39 Å². The van der Waals surface area contributed by atoms with Gasteiger partial charge in [0.15, 0.2) is 0 Å². The monoisotopic (exact) mass is 252 g/mol. The second kappa shape index (κ2) is 4.65. The fourth-order valence-corrected chi connectivity index (χ4v) is 1.14. The molecule has 1 nitrogen and oxygen atoms in total. The van der Waals surface area contributed by atoms with Crippen molar-refractivity contribution in [3.63, 3.8) is 0 Å². The van der Waals surface area contributed by atoms with E-state index in [-0.39, 0.29) is 5.56 Å². The Bertz CT molecular complexity index is 437. The molecule has 0 aliphatic rings. The van der Waals surface area contributed by atoms with Crippen molar-refractivity contribution in [2.75, 3.05) is 0 Å². The maximum Gasteiger partial charge on any atom is 0.417 e. The molecule has 0 aromatic heterocycles. The van der Waals surface area contributed by atoms with Gasteiger partial charge in [0.05, 0.1) is 5.56 Å². The molecule has 0 atom stereocenters. The highest BCUT2D eigenvalue weighted by molar-refractivity contribution is 6.66. The second-order valence-electron chi connectivity index (χ2n) is 2.87. The van der Waals surface area contributed by atoms with E-state index < -0.39 is 22.8 Å². The van der Waals surface area contributed by atoms with Crippen LogP contribution >= 0.6 is 11.6 Å². The molecular formula is C10H5ClF4O. The Morgan fingerprint density at radius 1 is 1.31 bits per heavy atom. The van der Waals surface area contributed by atoms with Gasteiger partial charge in [0, 0.05) is 0 Å². The smallest absolute Gasteiger partial charge is 0.276 e. The number of allylic oxidation sites excluding steroid dienone is 1. The van der Waals surface area contributed by atoms with E-state index in [1.54, 1.807) is 0 Å². The molecule has 86 valence electrons. The van der Waals surface area contributed by atoms with Crippen LogP contribution in [0.3, 0.4) is 0 Å². The summed E-state index contributed by atoms with van der Waals surface area (Å²) in [4.78, 5) is 10.4. The molecule has 0 bridgehead atoms. The fourth-order valence-electron chi connectivity index (χ4n) is 1.07. The normalized spacial score (nSPS) is 12.1. The topological polar surface area (TPSA) is 17.1 Å². The quantitative estimate of drug-likeness (QED) is 0.446. The Balaban J connectivity index is 3.23. The molecule has 0 aliphatic heterocycles. The fraction of sp³-hybridized carbons (Fsp3) is 0.100. The van der Waals surface area contributed by atoms with E-state index in [0.29, 0.717) is 6.07 Å². The van der Waals surface area contributed by atoms with E-state index >= 15 is 0 Å². The van der Waals surface area contributed by atoms with Crippen LogP contribution in [0.2, 0.25) is 0 Å². The van der Waals surface area contributed by atoms with Crippen molar-refractivity contribution in [2.24, 2.45) is 0 Å². The Morgan fingerprint density at radius 2 is 1.94 bits per heavy atom. The van der Waals surface area contributed by atoms with E-state index in [9.17, 15) is 22.4 Å². The first-order valence-corrected chi connectivity index (χ1v) is 4.43. The minimum absolute atomic E-state index is 0.317. The first-order chi connectivity index (χ1) is 7.30. The van der Waals surface area contributed by atoms with Crippen molar-refractivity contribution in [3.8, 4) is 0 Å². The van der Waals surface area contributed by atoms with Gasteiger partial charge in [0.1, 0.15) is 5.82 Å². The molecule has 0 amide bonds. The van der Waals surface area contributed by atoms with E-state index in [1.165, 1.54) is 0 Å². The molecule has 0 heterocycles. The third-order valence-corrected chi connectivity index (χ3v) is 1.84. The van der Waals surface area contributed by atoms with Crippen molar-refractivity contribution in [1.29, 1.82) is 0 Å². The summed E-state index contributed by atoms with van der Waals surface area (Å²) in [5, 5.41) is -0.905. The summed E-state index contributed by atoms with van der Waals surface area (Å²) in [5.74, 6) is -0.998. The predicted octanol–water partition coefficient (Wildman–Crippen LogP) is 3.62. The second-order valence-corrected chi connectivity index (χ2v) is 3.24. The average Bonchev–Trinajstić information content (AvgIpc) is 2.14. The van der Waals surface area contributed by atoms with Gasteiger partial charge in [-0.05, 0) is 41.4 Å². The van der Waals surface area contributed by atoms with E-state index in [4.69, 9.17) is 11.6 Å². The van der Waals surface area contributed by atoms with E-state index in [0.717, 1.165) is 24.3 Å². The Labute approximate surface area is 93.3 Å². The van der Waals surface area contributed by atoms with Crippen LogP contribution in [0.5, 0.6) is 0 Å². The Morgan fingerprint density at radius 3 is 2.44 bits per heavy atom. The summed E-state index contributed by atoms with van der Waals surface area (Å²) in [6.07, 6.45) is -3.03. The van der Waals surface area contributed by atoms with Gasteiger partial charge in [0.25, 0.3) is 0 Å². The zero-order valence-corrected chi connectivity index (χ0v) is 8.44. The molecule has 0 saturated carbocycles. The summed E-state index contributed by atoms with van der Waals surface area (Å²) in [6, 6.07) is 2.15. The number of carbonyl (C=O) groups excluding carboxylic acids is 1. The molecule has 0 aliphatic carbocycles.